The minimum atomic E-state index is 0.0831. The van der Waals surface area contributed by atoms with Gasteiger partial charge in [0, 0.05) is 55.8 Å². The number of fused-ring (bicyclic) bond motifs is 9. The number of nitrogens with zero attached hydrogens (tertiary/aromatic N) is 2. The zero-order valence-electron chi connectivity index (χ0n) is 38.1. The largest absolute Gasteiger partial charge is 0.456 e. The van der Waals surface area contributed by atoms with E-state index >= 15 is 0 Å². The molecule has 1 aliphatic heterocycles. The highest BCUT2D eigenvalue weighted by molar-refractivity contribution is 6.19. The molecule has 0 aliphatic carbocycles. The van der Waals surface area contributed by atoms with Gasteiger partial charge in [0.15, 0.2) is 0 Å². The first kappa shape index (κ1) is 40.4. The Morgan fingerprint density at radius 1 is 0.441 bits per heavy atom. The number of furan rings is 1. The molecule has 13 rings (SSSR count). The smallest absolute Gasteiger partial charge is 0.135 e. The second kappa shape index (κ2) is 16.7. The van der Waals surface area contributed by atoms with Crippen LogP contribution in [0.5, 0.6) is 0 Å². The third-order valence-electron chi connectivity index (χ3n) is 14.8. The van der Waals surface area contributed by atoms with Crippen LogP contribution in [0.2, 0.25) is 0 Å². The molecular formula is C64H51N3O. The lowest BCUT2D eigenvalue weighted by Gasteiger charge is -2.29. The van der Waals surface area contributed by atoms with Gasteiger partial charge < -0.3 is 18.9 Å². The average Bonchev–Trinajstić information content (AvgIpc) is 4.07. The Hall–Kier alpha value is -7.92. The summed E-state index contributed by atoms with van der Waals surface area (Å²) >= 11 is 0. The van der Waals surface area contributed by atoms with Gasteiger partial charge >= 0.3 is 0 Å². The van der Waals surface area contributed by atoms with Gasteiger partial charge in [0.05, 0.1) is 22.1 Å². The van der Waals surface area contributed by atoms with E-state index in [2.05, 4.69) is 240 Å². The number of nitrogens with one attached hydrogen (secondary N) is 1. The summed E-state index contributed by atoms with van der Waals surface area (Å²) in [4.78, 5) is 0. The highest BCUT2D eigenvalue weighted by atomic mass is 16.3. The second-order valence-electron chi connectivity index (χ2n) is 18.7. The molecule has 3 aromatic heterocycles. The molecular weight excluding hydrogens is 827 g/mol. The van der Waals surface area contributed by atoms with E-state index in [0.717, 1.165) is 47.6 Å². The molecule has 12 aromatic rings. The van der Waals surface area contributed by atoms with E-state index in [1.165, 1.54) is 88.4 Å². The topological polar surface area (TPSA) is 35.0 Å². The summed E-state index contributed by atoms with van der Waals surface area (Å²) in [5, 5.41) is 11.6. The number of hydrogen-bond acceptors (Lipinski definition) is 2. The Kier molecular flexibility index (Phi) is 9.94. The summed E-state index contributed by atoms with van der Waals surface area (Å²) in [6, 6.07) is 78.1. The lowest BCUT2D eigenvalue weighted by atomic mass is 9.83. The van der Waals surface area contributed by atoms with Crippen molar-refractivity contribution >= 4 is 71.1 Å². The quantitative estimate of drug-likeness (QED) is 0.173. The number of hydrogen-bond donors (Lipinski definition) is 1. The van der Waals surface area contributed by atoms with Gasteiger partial charge in [0.25, 0.3) is 0 Å². The van der Waals surface area contributed by atoms with Gasteiger partial charge in [0.1, 0.15) is 11.2 Å². The number of rotatable bonds is 7. The number of allylic oxidation sites excluding steroid dienone is 2. The molecule has 4 heteroatoms. The van der Waals surface area contributed by atoms with Crippen LogP contribution in [0, 0.1) is 5.92 Å². The Balaban J connectivity index is 0.935. The van der Waals surface area contributed by atoms with Crippen molar-refractivity contribution in [3.63, 3.8) is 0 Å². The molecule has 0 saturated heterocycles. The molecule has 68 heavy (non-hydrogen) atoms. The van der Waals surface area contributed by atoms with Crippen LogP contribution < -0.4 is 5.32 Å². The van der Waals surface area contributed by atoms with Crippen molar-refractivity contribution in [2.24, 2.45) is 5.92 Å². The van der Waals surface area contributed by atoms with Crippen molar-refractivity contribution in [3.8, 4) is 22.5 Å². The van der Waals surface area contributed by atoms with E-state index in [-0.39, 0.29) is 12.1 Å². The van der Waals surface area contributed by atoms with Crippen LogP contribution in [0.15, 0.2) is 223 Å². The van der Waals surface area contributed by atoms with Crippen LogP contribution in [0.25, 0.3) is 93.6 Å². The maximum Gasteiger partial charge on any atom is 0.135 e. The summed E-state index contributed by atoms with van der Waals surface area (Å²) in [7, 11) is 0. The molecule has 0 saturated carbocycles. The van der Waals surface area contributed by atoms with Crippen molar-refractivity contribution < 1.29 is 4.42 Å². The van der Waals surface area contributed by atoms with E-state index in [4.69, 9.17) is 4.42 Å². The van der Waals surface area contributed by atoms with E-state index in [1.54, 1.807) is 0 Å². The van der Waals surface area contributed by atoms with E-state index in [0.29, 0.717) is 5.92 Å². The van der Waals surface area contributed by atoms with Gasteiger partial charge in [-0.2, -0.15) is 0 Å². The standard InChI is InChI=1S/C64H51N3O/c1-2-42-38-58(47-32-34-53-56-37-45(43-18-6-3-7-19-43)33-35-63(56)68-64(53)39-47)65-57(29-17-28-50(42)44-20-8-4-9-21-44)46-22-16-25-49(36-46)67-60-31-15-13-27-52(60)55-40-61-54(41-62(55)67)51-26-12-14-30-59(51)66(61)48-23-10-5-11-24-48/h3-16,18-28,30-37,39-42,57-58,65H,2,17,29,38H2,1H3. The molecule has 0 fully saturated rings. The van der Waals surface area contributed by atoms with Gasteiger partial charge in [-0.05, 0) is 132 Å². The van der Waals surface area contributed by atoms with Gasteiger partial charge in [-0.1, -0.05) is 159 Å². The van der Waals surface area contributed by atoms with Gasteiger partial charge in [-0.25, -0.2) is 0 Å². The summed E-state index contributed by atoms with van der Waals surface area (Å²) < 4.78 is 11.6. The Morgan fingerprint density at radius 3 is 1.76 bits per heavy atom. The molecule has 0 spiro atoms. The SMILES string of the molecule is CCC1CC(c2ccc3c(c2)oc2ccc(-c4ccccc4)cc23)NC(c2cccc(-n3c4ccccc4c4cc5c(cc43)c3ccccc3n5-c3ccccc3)c2)CCC=C1c1ccccc1. The van der Waals surface area contributed by atoms with E-state index in [1.807, 2.05) is 0 Å². The molecule has 3 unspecified atom stereocenters. The number of benzene rings is 9. The normalized spacial score (nSPS) is 17.0. The molecule has 4 heterocycles. The van der Waals surface area contributed by atoms with Crippen LogP contribution in [-0.4, -0.2) is 9.13 Å². The first-order valence-electron chi connectivity index (χ1n) is 24.3. The third kappa shape index (κ3) is 6.86. The van der Waals surface area contributed by atoms with Crippen molar-refractivity contribution in [2.45, 2.75) is 44.7 Å². The predicted octanol–water partition coefficient (Wildman–Crippen LogP) is 17.1. The van der Waals surface area contributed by atoms with Crippen molar-refractivity contribution in [3.05, 3.63) is 235 Å². The monoisotopic (exact) mass is 877 g/mol. The zero-order valence-corrected chi connectivity index (χ0v) is 38.1. The summed E-state index contributed by atoms with van der Waals surface area (Å²) in [5.41, 5.74) is 16.8. The lowest BCUT2D eigenvalue weighted by molar-refractivity contribution is 0.381. The third-order valence-corrected chi connectivity index (χ3v) is 14.8. The Labute approximate surface area is 396 Å². The van der Waals surface area contributed by atoms with Crippen LogP contribution in [0.4, 0.5) is 0 Å². The van der Waals surface area contributed by atoms with Crippen molar-refractivity contribution in [2.75, 3.05) is 0 Å². The van der Waals surface area contributed by atoms with E-state index < -0.39 is 0 Å². The fourth-order valence-electron chi connectivity index (χ4n) is 11.5. The van der Waals surface area contributed by atoms with Crippen LogP contribution in [0.1, 0.15) is 61.4 Å². The van der Waals surface area contributed by atoms with Crippen LogP contribution in [0.3, 0.4) is 0 Å². The maximum absolute atomic E-state index is 6.67. The average molecular weight is 878 g/mol. The second-order valence-corrected chi connectivity index (χ2v) is 18.7. The zero-order chi connectivity index (χ0) is 45.1. The minimum Gasteiger partial charge on any atom is -0.456 e. The van der Waals surface area contributed by atoms with Gasteiger partial charge in [0.2, 0.25) is 0 Å². The van der Waals surface area contributed by atoms with Gasteiger partial charge in [-0.15, -0.1) is 0 Å². The number of para-hydroxylation sites is 3. The molecule has 1 N–H and O–H groups in total. The van der Waals surface area contributed by atoms with Crippen molar-refractivity contribution in [1.82, 2.24) is 14.5 Å². The molecule has 0 radical (unpaired) electrons. The fourth-order valence-corrected chi connectivity index (χ4v) is 11.5. The highest BCUT2D eigenvalue weighted by Crippen LogP contribution is 2.43. The Bertz CT molecular complexity index is 3860. The Morgan fingerprint density at radius 2 is 1.06 bits per heavy atom. The minimum absolute atomic E-state index is 0.0831. The summed E-state index contributed by atoms with van der Waals surface area (Å²) in [5.74, 6) is 0.377. The maximum atomic E-state index is 6.67. The molecule has 1 aliphatic rings. The van der Waals surface area contributed by atoms with E-state index in [9.17, 15) is 0 Å². The summed E-state index contributed by atoms with van der Waals surface area (Å²) in [6.45, 7) is 2.35. The lowest BCUT2D eigenvalue weighted by Crippen LogP contribution is -2.28. The molecule has 0 bridgehead atoms. The van der Waals surface area contributed by atoms with Crippen molar-refractivity contribution in [1.29, 1.82) is 0 Å². The molecule has 3 atom stereocenters. The summed E-state index contributed by atoms with van der Waals surface area (Å²) in [6.07, 6.45) is 6.51. The van der Waals surface area contributed by atoms with Crippen LogP contribution >= 0.6 is 0 Å². The van der Waals surface area contributed by atoms with Crippen LogP contribution in [-0.2, 0) is 0 Å². The predicted molar refractivity (Wildman–Crippen MR) is 285 cm³/mol. The highest BCUT2D eigenvalue weighted by Gasteiger charge is 2.27. The molecule has 4 nitrogen and oxygen atoms in total. The first-order valence-corrected chi connectivity index (χ1v) is 24.3. The molecule has 328 valence electrons. The molecule has 9 aromatic carbocycles. The van der Waals surface area contributed by atoms with Gasteiger partial charge in [-0.3, -0.25) is 0 Å². The molecule has 0 amide bonds. The number of aromatic nitrogens is 2. The fraction of sp³-hybridized carbons (Fsp3) is 0.125. The first-order chi connectivity index (χ1) is 33.7.